The second-order valence-corrected chi connectivity index (χ2v) is 13.0. The molecule has 1 aromatic heterocycles. The molecule has 1 atom stereocenters. The first-order valence-corrected chi connectivity index (χ1v) is 18.7. The Bertz CT molecular complexity index is 2070. The second kappa shape index (κ2) is 27.2. The molecule has 60 heavy (non-hydrogen) atoms. The van der Waals surface area contributed by atoms with Crippen molar-refractivity contribution in [3.05, 3.63) is 186 Å². The molecule has 1 unspecified atom stereocenters. The summed E-state index contributed by atoms with van der Waals surface area (Å²) in [5, 5.41) is 45.7. The molecule has 0 bridgehead atoms. The Labute approximate surface area is 348 Å². The SMILES string of the molecule is C/C=C/C(=O)O.CC(=O)NC(=Cc1ccccc1)C(=O)O.O=C(O)C(c1ccccc1)C1CCCC1.O=C(O)C(c1ccccc1)c1ccccc1.O=C(O)c1ccoc1. The van der Waals surface area contributed by atoms with Gasteiger partial charge in [-0.2, -0.15) is 0 Å². The second-order valence-electron chi connectivity index (χ2n) is 13.0. The van der Waals surface area contributed by atoms with E-state index >= 15 is 0 Å². The van der Waals surface area contributed by atoms with Gasteiger partial charge in [-0.15, -0.1) is 0 Å². The number of furan rings is 1. The van der Waals surface area contributed by atoms with E-state index in [1.165, 1.54) is 50.5 Å². The zero-order chi connectivity index (χ0) is 44.3. The lowest BCUT2D eigenvalue weighted by Crippen LogP contribution is -2.24. The van der Waals surface area contributed by atoms with Crippen LogP contribution in [0.25, 0.3) is 6.08 Å². The number of carboxylic acids is 5. The summed E-state index contributed by atoms with van der Waals surface area (Å²) in [5.41, 5.74) is 3.35. The van der Waals surface area contributed by atoms with Gasteiger partial charge in [-0.05, 0) is 60.1 Å². The van der Waals surface area contributed by atoms with Crippen LogP contribution in [0, 0.1) is 5.92 Å². The highest BCUT2D eigenvalue weighted by molar-refractivity contribution is 5.96. The molecule has 1 aliphatic carbocycles. The maximum atomic E-state index is 11.3. The summed E-state index contributed by atoms with van der Waals surface area (Å²) in [6.07, 6.45) is 11.0. The van der Waals surface area contributed by atoms with Crippen LogP contribution in [0.1, 0.15) is 84.0 Å². The number of amides is 1. The number of carbonyl (C=O) groups is 6. The van der Waals surface area contributed by atoms with Crippen LogP contribution in [0.3, 0.4) is 0 Å². The highest BCUT2D eigenvalue weighted by atomic mass is 16.4. The van der Waals surface area contributed by atoms with Gasteiger partial charge in [0.2, 0.25) is 5.91 Å². The summed E-state index contributed by atoms with van der Waals surface area (Å²) in [5.74, 6) is -5.45. The van der Waals surface area contributed by atoms with Crippen molar-refractivity contribution in [1.82, 2.24) is 5.32 Å². The third kappa shape index (κ3) is 18.6. The van der Waals surface area contributed by atoms with Crippen LogP contribution < -0.4 is 5.32 Å². The minimum atomic E-state index is -1.16. The van der Waals surface area contributed by atoms with E-state index in [0.29, 0.717) is 5.92 Å². The molecule has 0 spiro atoms. The summed E-state index contributed by atoms with van der Waals surface area (Å²) in [7, 11) is 0. The molecule has 4 aromatic carbocycles. The van der Waals surface area contributed by atoms with Crippen molar-refractivity contribution in [3.63, 3.8) is 0 Å². The molecule has 5 aromatic rings. The molecule has 0 aliphatic heterocycles. The normalized spacial score (nSPS) is 12.3. The van der Waals surface area contributed by atoms with Crippen molar-refractivity contribution >= 4 is 41.8 Å². The minimum Gasteiger partial charge on any atom is -0.481 e. The standard InChI is InChI=1S/C14H12O2.C13H16O2.C11H11NO3.C5H4O3.C4H6O2/c15-14(16)13(11-7-3-1-4-8-11)12-9-5-2-6-10-12;14-13(15)12(11-8-4-5-9-11)10-6-2-1-3-7-10;1-8(13)12-10(11(14)15)7-9-5-3-2-4-6-9;6-5(7)4-1-2-8-3-4;1-2-3-4(5)6/h1-10,13H,(H,15,16);1-3,6-7,11-12H,4-5,8-9H2,(H,14,15);2-7H,1H3,(H,12,13)(H,14,15);1-3H,(H,6,7);2-3H,1H3,(H,5,6)/b;;;;3-2+. The molecular formula is C47H49NO12. The van der Waals surface area contributed by atoms with Crippen molar-refractivity contribution in [2.24, 2.45) is 5.92 Å². The molecule has 1 fully saturated rings. The largest absolute Gasteiger partial charge is 0.481 e. The number of hydrogen-bond acceptors (Lipinski definition) is 7. The molecule has 6 N–H and O–H groups in total. The third-order valence-electron chi connectivity index (χ3n) is 8.54. The van der Waals surface area contributed by atoms with Gasteiger partial charge in [0.25, 0.3) is 0 Å². The fourth-order valence-corrected chi connectivity index (χ4v) is 5.92. The predicted molar refractivity (Wildman–Crippen MR) is 225 cm³/mol. The molecule has 1 amide bonds. The smallest absolute Gasteiger partial charge is 0.352 e. The van der Waals surface area contributed by atoms with E-state index in [1.54, 1.807) is 31.2 Å². The van der Waals surface area contributed by atoms with Gasteiger partial charge in [-0.1, -0.05) is 140 Å². The number of nitrogens with one attached hydrogen (secondary N) is 1. The minimum absolute atomic E-state index is 0.131. The van der Waals surface area contributed by atoms with E-state index in [0.717, 1.165) is 41.2 Å². The Hall–Kier alpha value is -7.54. The van der Waals surface area contributed by atoms with Crippen LogP contribution in [0.4, 0.5) is 0 Å². The zero-order valence-corrected chi connectivity index (χ0v) is 33.2. The lowest BCUT2D eigenvalue weighted by molar-refractivity contribution is -0.140. The fraction of sp³-hybridized carbons (Fsp3) is 0.191. The van der Waals surface area contributed by atoms with Gasteiger partial charge in [-0.3, -0.25) is 14.4 Å². The van der Waals surface area contributed by atoms with Crippen molar-refractivity contribution in [2.45, 2.75) is 51.4 Å². The van der Waals surface area contributed by atoms with Crippen LogP contribution in [-0.4, -0.2) is 61.3 Å². The van der Waals surface area contributed by atoms with Crippen molar-refractivity contribution in [3.8, 4) is 0 Å². The van der Waals surface area contributed by atoms with E-state index in [-0.39, 0.29) is 17.2 Å². The van der Waals surface area contributed by atoms with Crippen molar-refractivity contribution in [1.29, 1.82) is 0 Å². The van der Waals surface area contributed by atoms with Crippen LogP contribution in [0.15, 0.2) is 162 Å². The molecule has 0 saturated heterocycles. The van der Waals surface area contributed by atoms with E-state index < -0.39 is 41.7 Å². The number of aliphatic carboxylic acids is 4. The number of benzene rings is 4. The molecule has 0 radical (unpaired) electrons. The van der Waals surface area contributed by atoms with Crippen LogP contribution in [-0.2, 0) is 24.0 Å². The van der Waals surface area contributed by atoms with Crippen LogP contribution >= 0.6 is 0 Å². The van der Waals surface area contributed by atoms with Crippen LogP contribution in [0.2, 0.25) is 0 Å². The third-order valence-corrected chi connectivity index (χ3v) is 8.54. The molecule has 1 aliphatic rings. The highest BCUT2D eigenvalue weighted by Crippen LogP contribution is 2.37. The molecular weight excluding hydrogens is 771 g/mol. The Balaban J connectivity index is 0.000000269. The molecule has 13 heteroatoms. The summed E-state index contributed by atoms with van der Waals surface area (Å²) >= 11 is 0. The maximum Gasteiger partial charge on any atom is 0.352 e. The van der Waals surface area contributed by atoms with Gasteiger partial charge < -0.3 is 35.3 Å². The van der Waals surface area contributed by atoms with Gasteiger partial charge in [0.15, 0.2) is 0 Å². The Morgan fingerprint density at radius 3 is 1.43 bits per heavy atom. The van der Waals surface area contributed by atoms with E-state index in [4.69, 9.17) is 15.3 Å². The number of allylic oxidation sites excluding steroid dienone is 1. The number of aromatic carboxylic acids is 1. The number of rotatable bonds is 11. The lowest BCUT2D eigenvalue weighted by atomic mass is 9.85. The Morgan fingerprint density at radius 1 is 0.650 bits per heavy atom. The Morgan fingerprint density at radius 2 is 1.12 bits per heavy atom. The van der Waals surface area contributed by atoms with E-state index in [2.05, 4.69) is 9.73 Å². The van der Waals surface area contributed by atoms with Crippen molar-refractivity contribution < 1.29 is 58.7 Å². The highest BCUT2D eigenvalue weighted by Gasteiger charge is 2.31. The average Bonchev–Trinajstić information content (AvgIpc) is 3.97. The molecule has 1 heterocycles. The quantitative estimate of drug-likeness (QED) is 0.0687. The summed E-state index contributed by atoms with van der Waals surface area (Å²) in [6.45, 7) is 2.93. The van der Waals surface area contributed by atoms with Crippen molar-refractivity contribution in [2.75, 3.05) is 0 Å². The molecule has 1 saturated carbocycles. The lowest BCUT2D eigenvalue weighted by Gasteiger charge is -2.19. The topological polar surface area (TPSA) is 229 Å². The summed E-state index contributed by atoms with van der Waals surface area (Å²) < 4.78 is 4.49. The summed E-state index contributed by atoms with van der Waals surface area (Å²) in [6, 6.07) is 38.5. The van der Waals surface area contributed by atoms with Gasteiger partial charge in [0.05, 0.1) is 17.7 Å². The first kappa shape index (κ1) is 48.6. The van der Waals surface area contributed by atoms with Gasteiger partial charge >= 0.3 is 29.8 Å². The Kier molecular flexibility index (Phi) is 22.0. The fourth-order valence-electron chi connectivity index (χ4n) is 5.92. The van der Waals surface area contributed by atoms with Gasteiger partial charge in [0, 0.05) is 13.0 Å². The number of carbonyl (C=O) groups excluding carboxylic acids is 1. The number of hydrogen-bond donors (Lipinski definition) is 6. The van der Waals surface area contributed by atoms with Gasteiger partial charge in [0.1, 0.15) is 17.9 Å². The first-order chi connectivity index (χ1) is 28.7. The number of carboxylic acid groups (broad SMARTS) is 5. The maximum absolute atomic E-state index is 11.3. The predicted octanol–water partition coefficient (Wildman–Crippen LogP) is 8.82. The molecule has 13 nitrogen and oxygen atoms in total. The van der Waals surface area contributed by atoms with Gasteiger partial charge in [-0.25, -0.2) is 14.4 Å². The average molecular weight is 820 g/mol. The van der Waals surface area contributed by atoms with Crippen LogP contribution in [0.5, 0.6) is 0 Å². The monoisotopic (exact) mass is 819 g/mol. The molecule has 314 valence electrons. The summed E-state index contributed by atoms with van der Waals surface area (Å²) in [4.78, 5) is 63.6. The van der Waals surface area contributed by atoms with E-state index in [1.807, 2.05) is 97.1 Å². The molecule has 6 rings (SSSR count). The first-order valence-electron chi connectivity index (χ1n) is 18.7. The van der Waals surface area contributed by atoms with E-state index in [9.17, 15) is 39.0 Å². The zero-order valence-electron chi connectivity index (χ0n) is 33.2.